The van der Waals surface area contributed by atoms with E-state index in [0.717, 1.165) is 18.2 Å². The summed E-state index contributed by atoms with van der Waals surface area (Å²) in [5.74, 6) is -1.78. The second-order valence-electron chi connectivity index (χ2n) is 6.05. The van der Waals surface area contributed by atoms with E-state index in [9.17, 15) is 31.1 Å². The summed E-state index contributed by atoms with van der Waals surface area (Å²) in [6, 6.07) is 2.63. The van der Waals surface area contributed by atoms with E-state index >= 15 is 0 Å². The van der Waals surface area contributed by atoms with Crippen LogP contribution in [-0.4, -0.2) is 34.9 Å². The predicted molar refractivity (Wildman–Crippen MR) is 87.8 cm³/mol. The molecular formula is C15H18F6N4O3. The molecule has 0 fully saturated rings. The lowest BCUT2D eigenvalue weighted by Gasteiger charge is -2.21. The van der Waals surface area contributed by atoms with Crippen LogP contribution in [0.1, 0.15) is 22.2 Å². The molecule has 0 saturated carbocycles. The Balaban J connectivity index is 0.00000784. The highest BCUT2D eigenvalue weighted by Crippen LogP contribution is 2.27. The molecular weight excluding hydrogens is 398 g/mol. The van der Waals surface area contributed by atoms with E-state index in [-0.39, 0.29) is 1.43 Å². The van der Waals surface area contributed by atoms with Crippen LogP contribution in [0.25, 0.3) is 0 Å². The summed E-state index contributed by atoms with van der Waals surface area (Å²) in [7, 11) is 0. The fourth-order valence-corrected chi connectivity index (χ4v) is 1.63. The first kappa shape index (κ1) is 23.0. The van der Waals surface area contributed by atoms with E-state index in [1.807, 2.05) is 0 Å². The number of nitrogens with two attached hydrogens (primary N) is 1. The van der Waals surface area contributed by atoms with Gasteiger partial charge in [0.2, 0.25) is 5.88 Å². The standard InChI is InChI=1S/C15H16F6N4O3.H2/c1-13(2,3)28-12(26)23-8(7-22)11(14(16,17)18)25-9-5-4-6-10(24-9)27-15(19,20)21;/h4-7H,22H2,1-3H3,(H,23,26);1H/b8-7+,25-11?;. The number of carbonyl (C=O) groups is 1. The van der Waals surface area contributed by atoms with Crippen LogP contribution in [0.15, 0.2) is 35.1 Å². The lowest BCUT2D eigenvalue weighted by molar-refractivity contribution is -0.276. The Hall–Kier alpha value is -2.99. The van der Waals surface area contributed by atoms with Gasteiger partial charge in [-0.05, 0) is 26.8 Å². The minimum absolute atomic E-state index is 0. The number of ether oxygens (including phenoxy) is 2. The van der Waals surface area contributed by atoms with E-state index in [0.29, 0.717) is 6.20 Å². The first-order chi connectivity index (χ1) is 12.6. The quantitative estimate of drug-likeness (QED) is 0.567. The number of pyridine rings is 1. The molecule has 1 rings (SSSR count). The van der Waals surface area contributed by atoms with Crippen LogP contribution >= 0.6 is 0 Å². The molecule has 1 amide bonds. The molecule has 13 heteroatoms. The lowest BCUT2D eigenvalue weighted by Crippen LogP contribution is -2.38. The van der Waals surface area contributed by atoms with Crippen LogP contribution < -0.4 is 15.8 Å². The van der Waals surface area contributed by atoms with Crippen molar-refractivity contribution in [2.45, 2.75) is 38.9 Å². The number of rotatable bonds is 4. The zero-order chi connectivity index (χ0) is 21.8. The smallest absolute Gasteiger partial charge is 0.444 e. The molecule has 0 spiro atoms. The predicted octanol–water partition coefficient (Wildman–Crippen LogP) is 4.19. The van der Waals surface area contributed by atoms with Crippen molar-refractivity contribution in [1.82, 2.24) is 10.3 Å². The van der Waals surface area contributed by atoms with Crippen molar-refractivity contribution in [3.63, 3.8) is 0 Å². The Morgan fingerprint density at radius 2 is 1.82 bits per heavy atom. The third-order valence-electron chi connectivity index (χ3n) is 2.48. The SMILES string of the molecule is CC(C)(C)OC(=O)N/C(=C/N)C(=Nc1cccc(OC(F)(F)F)n1)C(F)(F)F.[HH]. The summed E-state index contributed by atoms with van der Waals surface area (Å²) < 4.78 is 85.0. The summed E-state index contributed by atoms with van der Waals surface area (Å²) in [6.45, 7) is 4.44. The van der Waals surface area contributed by atoms with Gasteiger partial charge in [0, 0.05) is 13.7 Å². The maximum Gasteiger partial charge on any atom is 0.574 e. The zero-order valence-corrected chi connectivity index (χ0v) is 14.8. The van der Waals surface area contributed by atoms with Crippen LogP contribution in [0.3, 0.4) is 0 Å². The average Bonchev–Trinajstić information content (AvgIpc) is 2.46. The number of hydrogen-bond donors (Lipinski definition) is 2. The normalized spacial score (nSPS) is 13.9. The highest BCUT2D eigenvalue weighted by atomic mass is 19.4. The van der Waals surface area contributed by atoms with E-state index in [2.05, 4.69) is 14.7 Å². The molecule has 1 aromatic heterocycles. The molecule has 0 saturated heterocycles. The first-order valence-corrected chi connectivity index (χ1v) is 7.41. The molecule has 28 heavy (non-hydrogen) atoms. The van der Waals surface area contributed by atoms with Gasteiger partial charge in [0.1, 0.15) is 5.60 Å². The molecule has 1 aromatic rings. The summed E-state index contributed by atoms with van der Waals surface area (Å²) in [6.07, 6.45) is -11.1. The number of aliphatic imine (C=N–C) groups is 1. The maximum atomic E-state index is 13.3. The molecule has 1 heterocycles. The van der Waals surface area contributed by atoms with E-state index in [1.165, 1.54) is 20.8 Å². The van der Waals surface area contributed by atoms with Gasteiger partial charge in [0.25, 0.3) is 0 Å². The number of alkyl halides is 6. The number of aromatic nitrogens is 1. The van der Waals surface area contributed by atoms with Gasteiger partial charge in [-0.3, -0.25) is 5.32 Å². The number of amides is 1. The van der Waals surface area contributed by atoms with E-state index in [4.69, 9.17) is 10.5 Å². The number of nitrogens with zero attached hydrogens (tertiary/aromatic N) is 2. The van der Waals surface area contributed by atoms with Crippen molar-refractivity contribution in [2.24, 2.45) is 10.7 Å². The Kier molecular flexibility index (Phi) is 6.88. The first-order valence-electron chi connectivity index (χ1n) is 7.41. The Morgan fingerprint density at radius 1 is 1.21 bits per heavy atom. The highest BCUT2D eigenvalue weighted by Gasteiger charge is 2.39. The summed E-state index contributed by atoms with van der Waals surface area (Å²) in [4.78, 5) is 18.1. The number of nitrogens with one attached hydrogen (secondary N) is 1. The van der Waals surface area contributed by atoms with E-state index in [1.54, 1.807) is 5.32 Å². The summed E-state index contributed by atoms with van der Waals surface area (Å²) >= 11 is 0. The Labute approximate surface area is 156 Å². The molecule has 0 aliphatic heterocycles. The number of hydrogen-bond acceptors (Lipinski definition) is 6. The molecule has 0 unspecified atom stereocenters. The third kappa shape index (κ3) is 8.14. The monoisotopic (exact) mass is 416 g/mol. The van der Waals surface area contributed by atoms with Crippen molar-refractivity contribution in [2.75, 3.05) is 0 Å². The van der Waals surface area contributed by atoms with Gasteiger partial charge in [-0.1, -0.05) is 6.07 Å². The average molecular weight is 416 g/mol. The van der Waals surface area contributed by atoms with Crippen LogP contribution in [-0.2, 0) is 4.74 Å². The molecule has 0 aromatic carbocycles. The maximum absolute atomic E-state index is 13.3. The van der Waals surface area contributed by atoms with Crippen LogP contribution in [0.2, 0.25) is 0 Å². The molecule has 7 nitrogen and oxygen atoms in total. The molecule has 0 atom stereocenters. The molecule has 0 aliphatic rings. The Morgan fingerprint density at radius 3 is 2.29 bits per heavy atom. The van der Waals surface area contributed by atoms with Crippen molar-refractivity contribution in [3.8, 4) is 5.88 Å². The molecule has 0 aliphatic carbocycles. The van der Waals surface area contributed by atoms with Gasteiger partial charge < -0.3 is 15.2 Å². The second-order valence-corrected chi connectivity index (χ2v) is 6.05. The van der Waals surface area contributed by atoms with Crippen molar-refractivity contribution in [1.29, 1.82) is 0 Å². The van der Waals surface area contributed by atoms with Crippen LogP contribution in [0.4, 0.5) is 37.0 Å². The number of alkyl carbamates (subject to hydrolysis) is 1. The summed E-state index contributed by atoms with van der Waals surface area (Å²) in [5, 5.41) is 1.79. The second kappa shape index (κ2) is 8.35. The van der Waals surface area contributed by atoms with Crippen LogP contribution in [0, 0.1) is 0 Å². The van der Waals surface area contributed by atoms with Gasteiger partial charge in [0.05, 0.1) is 5.70 Å². The minimum Gasteiger partial charge on any atom is -0.444 e. The van der Waals surface area contributed by atoms with Gasteiger partial charge in [0.15, 0.2) is 11.5 Å². The number of carbonyl (C=O) groups excluding carboxylic acids is 1. The third-order valence-corrected chi connectivity index (χ3v) is 2.48. The highest BCUT2D eigenvalue weighted by molar-refractivity contribution is 6.06. The Bertz CT molecular complexity index is 773. The summed E-state index contributed by atoms with van der Waals surface area (Å²) in [5.41, 5.74) is 1.44. The van der Waals surface area contributed by atoms with Crippen molar-refractivity contribution >= 4 is 17.6 Å². The number of allylic oxidation sites excluding steroid dienone is 1. The largest absolute Gasteiger partial charge is 0.574 e. The van der Waals surface area contributed by atoms with Gasteiger partial charge in [-0.25, -0.2) is 9.79 Å². The fourth-order valence-electron chi connectivity index (χ4n) is 1.63. The molecule has 3 N–H and O–H groups in total. The lowest BCUT2D eigenvalue weighted by atomic mass is 10.2. The van der Waals surface area contributed by atoms with Crippen LogP contribution in [0.5, 0.6) is 5.88 Å². The fraction of sp³-hybridized carbons (Fsp3) is 0.400. The van der Waals surface area contributed by atoms with E-state index < -0.39 is 47.3 Å². The van der Waals surface area contributed by atoms with Crippen molar-refractivity contribution < 1.29 is 42.0 Å². The minimum atomic E-state index is -5.14. The molecule has 158 valence electrons. The van der Waals surface area contributed by atoms with Gasteiger partial charge in [-0.15, -0.1) is 13.2 Å². The van der Waals surface area contributed by atoms with Gasteiger partial charge >= 0.3 is 18.6 Å². The molecule has 0 bridgehead atoms. The molecule has 0 radical (unpaired) electrons. The zero-order valence-electron chi connectivity index (χ0n) is 14.8. The topological polar surface area (TPSA) is 98.8 Å². The van der Waals surface area contributed by atoms with Gasteiger partial charge in [-0.2, -0.15) is 18.2 Å². The number of halogens is 6. The van der Waals surface area contributed by atoms with Crippen molar-refractivity contribution in [3.05, 3.63) is 30.1 Å².